The molecule has 0 aromatic heterocycles. The van der Waals surface area contributed by atoms with E-state index in [0.717, 1.165) is 30.8 Å². The van der Waals surface area contributed by atoms with Crippen LogP contribution in [0.1, 0.15) is 18.9 Å². The minimum Gasteiger partial charge on any atom is -0.379 e. The van der Waals surface area contributed by atoms with Gasteiger partial charge in [0.25, 0.3) is 0 Å². The standard InChI is InChI=1S/C15H23FN2O/c1-11-4-6-18(10-15(11)19-2)14-8-12(3-5-17)7-13(16)9-14/h7-9,11,15H,3-6,10,17H2,1-2H3. The molecular weight excluding hydrogens is 243 g/mol. The van der Waals surface area contributed by atoms with Crippen molar-refractivity contribution in [2.75, 3.05) is 31.6 Å². The summed E-state index contributed by atoms with van der Waals surface area (Å²) in [6, 6.07) is 5.21. The van der Waals surface area contributed by atoms with Gasteiger partial charge in [0.2, 0.25) is 0 Å². The summed E-state index contributed by atoms with van der Waals surface area (Å²) in [6.07, 6.45) is 2.00. The molecule has 1 saturated heterocycles. The normalized spacial score (nSPS) is 23.7. The average molecular weight is 266 g/mol. The van der Waals surface area contributed by atoms with Crippen LogP contribution in [0.2, 0.25) is 0 Å². The van der Waals surface area contributed by atoms with Crippen molar-refractivity contribution in [2.45, 2.75) is 25.9 Å². The first-order valence-electron chi connectivity index (χ1n) is 6.91. The molecule has 0 saturated carbocycles. The van der Waals surface area contributed by atoms with Gasteiger partial charge in [0.1, 0.15) is 5.82 Å². The zero-order valence-electron chi connectivity index (χ0n) is 11.7. The smallest absolute Gasteiger partial charge is 0.125 e. The highest BCUT2D eigenvalue weighted by atomic mass is 19.1. The van der Waals surface area contributed by atoms with E-state index >= 15 is 0 Å². The number of nitrogens with zero attached hydrogens (tertiary/aromatic N) is 1. The first kappa shape index (κ1) is 14.3. The number of nitrogens with two attached hydrogens (primary N) is 1. The van der Waals surface area contributed by atoms with Crippen molar-refractivity contribution >= 4 is 5.69 Å². The van der Waals surface area contributed by atoms with Crippen LogP contribution in [0.3, 0.4) is 0 Å². The largest absolute Gasteiger partial charge is 0.379 e. The van der Waals surface area contributed by atoms with Gasteiger partial charge in [0, 0.05) is 25.9 Å². The van der Waals surface area contributed by atoms with Gasteiger partial charge in [-0.1, -0.05) is 6.92 Å². The quantitative estimate of drug-likeness (QED) is 0.908. The molecule has 0 amide bonds. The van der Waals surface area contributed by atoms with Crippen LogP contribution in [0.4, 0.5) is 10.1 Å². The van der Waals surface area contributed by atoms with E-state index in [0.29, 0.717) is 18.9 Å². The molecule has 1 fully saturated rings. The average Bonchev–Trinajstić information content (AvgIpc) is 2.39. The number of piperidine rings is 1. The molecule has 106 valence electrons. The van der Waals surface area contributed by atoms with Crippen LogP contribution in [0, 0.1) is 11.7 Å². The third-order valence-corrected chi connectivity index (χ3v) is 3.93. The lowest BCUT2D eigenvalue weighted by molar-refractivity contribution is 0.0498. The summed E-state index contributed by atoms with van der Waals surface area (Å²) in [5.74, 6) is 0.367. The van der Waals surface area contributed by atoms with Crippen molar-refractivity contribution in [3.8, 4) is 0 Å². The second-order valence-electron chi connectivity index (χ2n) is 5.34. The van der Waals surface area contributed by atoms with Crippen LogP contribution in [0.25, 0.3) is 0 Å². The molecule has 0 radical (unpaired) electrons. The highest BCUT2D eigenvalue weighted by Crippen LogP contribution is 2.26. The zero-order chi connectivity index (χ0) is 13.8. The first-order valence-corrected chi connectivity index (χ1v) is 6.91. The molecule has 3 nitrogen and oxygen atoms in total. The molecule has 0 aliphatic carbocycles. The molecule has 2 unspecified atom stereocenters. The van der Waals surface area contributed by atoms with Gasteiger partial charge in [-0.15, -0.1) is 0 Å². The lowest BCUT2D eigenvalue weighted by Crippen LogP contribution is -2.44. The molecule has 2 atom stereocenters. The van der Waals surface area contributed by atoms with Crippen LogP contribution < -0.4 is 10.6 Å². The van der Waals surface area contributed by atoms with Gasteiger partial charge in [-0.05, 0) is 49.1 Å². The number of benzene rings is 1. The summed E-state index contributed by atoms with van der Waals surface area (Å²) in [7, 11) is 1.75. The topological polar surface area (TPSA) is 38.5 Å². The van der Waals surface area contributed by atoms with Gasteiger partial charge < -0.3 is 15.4 Å². The molecule has 1 aromatic carbocycles. The lowest BCUT2D eigenvalue weighted by Gasteiger charge is -2.37. The van der Waals surface area contributed by atoms with Crippen molar-refractivity contribution < 1.29 is 9.13 Å². The van der Waals surface area contributed by atoms with E-state index < -0.39 is 0 Å². The highest BCUT2D eigenvalue weighted by Gasteiger charge is 2.26. The van der Waals surface area contributed by atoms with Crippen LogP contribution in [0.5, 0.6) is 0 Å². The maximum absolute atomic E-state index is 13.7. The van der Waals surface area contributed by atoms with E-state index in [9.17, 15) is 4.39 Å². The maximum atomic E-state index is 13.7. The van der Waals surface area contributed by atoms with Gasteiger partial charge in [-0.3, -0.25) is 0 Å². The SMILES string of the molecule is COC1CN(c2cc(F)cc(CCN)c2)CCC1C. The molecule has 4 heteroatoms. The molecule has 2 rings (SSSR count). The Morgan fingerprint density at radius 1 is 1.42 bits per heavy atom. The predicted molar refractivity (Wildman–Crippen MR) is 75.9 cm³/mol. The summed E-state index contributed by atoms with van der Waals surface area (Å²) < 4.78 is 19.2. The van der Waals surface area contributed by atoms with E-state index in [2.05, 4.69) is 11.8 Å². The van der Waals surface area contributed by atoms with E-state index in [-0.39, 0.29) is 11.9 Å². The molecule has 1 heterocycles. The van der Waals surface area contributed by atoms with Gasteiger partial charge >= 0.3 is 0 Å². The Morgan fingerprint density at radius 3 is 2.89 bits per heavy atom. The molecule has 2 N–H and O–H groups in total. The second kappa shape index (κ2) is 6.35. The Labute approximate surface area is 114 Å². The Bertz CT molecular complexity index is 425. The predicted octanol–water partition coefficient (Wildman–Crippen LogP) is 2.19. The maximum Gasteiger partial charge on any atom is 0.125 e. The van der Waals surface area contributed by atoms with Crippen LogP contribution in [0.15, 0.2) is 18.2 Å². The number of hydrogen-bond acceptors (Lipinski definition) is 3. The number of halogens is 1. The number of hydrogen-bond donors (Lipinski definition) is 1. The van der Waals surface area contributed by atoms with E-state index in [1.807, 2.05) is 6.07 Å². The van der Waals surface area contributed by atoms with Gasteiger partial charge in [0.05, 0.1) is 6.10 Å². The molecule has 0 bridgehead atoms. The third-order valence-electron chi connectivity index (χ3n) is 3.93. The monoisotopic (exact) mass is 266 g/mol. The summed E-state index contributed by atoms with van der Waals surface area (Å²) in [5, 5.41) is 0. The third kappa shape index (κ3) is 3.45. The fourth-order valence-electron chi connectivity index (χ4n) is 2.70. The Kier molecular flexibility index (Phi) is 4.77. The molecule has 1 aliphatic rings. The second-order valence-corrected chi connectivity index (χ2v) is 5.34. The van der Waals surface area contributed by atoms with Gasteiger partial charge in [-0.2, -0.15) is 0 Å². The van der Waals surface area contributed by atoms with Crippen LogP contribution in [-0.2, 0) is 11.2 Å². The summed E-state index contributed by atoms with van der Waals surface area (Å²) in [5.41, 5.74) is 7.45. The Hall–Kier alpha value is -1.13. The summed E-state index contributed by atoms with van der Waals surface area (Å²) in [4.78, 5) is 2.21. The fraction of sp³-hybridized carbons (Fsp3) is 0.600. The van der Waals surface area contributed by atoms with E-state index in [1.165, 1.54) is 0 Å². The van der Waals surface area contributed by atoms with E-state index in [4.69, 9.17) is 10.5 Å². The number of rotatable bonds is 4. The highest BCUT2D eigenvalue weighted by molar-refractivity contribution is 5.49. The molecule has 1 aliphatic heterocycles. The zero-order valence-corrected chi connectivity index (χ0v) is 11.7. The Balaban J connectivity index is 2.17. The first-order chi connectivity index (χ1) is 9.13. The minimum atomic E-state index is -0.187. The number of anilines is 1. The van der Waals surface area contributed by atoms with Crippen molar-refractivity contribution in [1.82, 2.24) is 0 Å². The van der Waals surface area contributed by atoms with Crippen molar-refractivity contribution in [1.29, 1.82) is 0 Å². The van der Waals surface area contributed by atoms with Gasteiger partial charge in [-0.25, -0.2) is 4.39 Å². The fourth-order valence-corrected chi connectivity index (χ4v) is 2.70. The number of ether oxygens (including phenoxy) is 1. The minimum absolute atomic E-state index is 0.187. The summed E-state index contributed by atoms with van der Waals surface area (Å²) >= 11 is 0. The number of methoxy groups -OCH3 is 1. The Morgan fingerprint density at radius 2 is 2.21 bits per heavy atom. The van der Waals surface area contributed by atoms with Crippen LogP contribution in [-0.4, -0.2) is 32.8 Å². The van der Waals surface area contributed by atoms with Crippen molar-refractivity contribution in [2.24, 2.45) is 11.7 Å². The molecule has 0 spiro atoms. The van der Waals surface area contributed by atoms with Crippen LogP contribution >= 0.6 is 0 Å². The van der Waals surface area contributed by atoms with Crippen molar-refractivity contribution in [3.63, 3.8) is 0 Å². The van der Waals surface area contributed by atoms with Gasteiger partial charge in [0.15, 0.2) is 0 Å². The van der Waals surface area contributed by atoms with E-state index in [1.54, 1.807) is 19.2 Å². The molecule has 1 aromatic rings. The van der Waals surface area contributed by atoms with Crippen molar-refractivity contribution in [3.05, 3.63) is 29.6 Å². The lowest BCUT2D eigenvalue weighted by atomic mass is 9.95. The molecular formula is C15H23FN2O. The molecule has 19 heavy (non-hydrogen) atoms. The summed E-state index contributed by atoms with van der Waals surface area (Å²) in [6.45, 7) is 4.52.